The zero-order chi connectivity index (χ0) is 25.8. The number of aromatic nitrogens is 2. The van der Waals surface area contributed by atoms with Gasteiger partial charge in [0.2, 0.25) is 11.2 Å². The molecular formula is C25H27N6O4S+. The number of thiocarbonyl (C=S) groups is 1. The smallest absolute Gasteiger partial charge is 0.307 e. The molecule has 0 radical (unpaired) electrons. The summed E-state index contributed by atoms with van der Waals surface area (Å²) in [5.41, 5.74) is 2.67. The third-order valence-corrected chi connectivity index (χ3v) is 6.38. The van der Waals surface area contributed by atoms with Gasteiger partial charge >= 0.3 is 5.88 Å². The Morgan fingerprint density at radius 1 is 1.11 bits per heavy atom. The molecule has 1 aromatic heterocycles. The Morgan fingerprint density at radius 2 is 1.81 bits per heavy atom. The molecule has 0 saturated carbocycles. The number of carbonyl (C=O) groups is 3. The van der Waals surface area contributed by atoms with Gasteiger partial charge in [-0.2, -0.15) is 0 Å². The molecule has 2 heterocycles. The highest BCUT2D eigenvalue weighted by Crippen LogP contribution is 2.25. The van der Waals surface area contributed by atoms with E-state index < -0.39 is 6.04 Å². The lowest BCUT2D eigenvalue weighted by Crippen LogP contribution is -2.43. The van der Waals surface area contributed by atoms with E-state index in [-0.39, 0.29) is 36.6 Å². The highest BCUT2D eigenvalue weighted by atomic mass is 32.1. The molecule has 2 N–H and O–H groups in total. The minimum Gasteiger partial charge on any atom is -0.326 e. The molecule has 36 heavy (non-hydrogen) atoms. The van der Waals surface area contributed by atoms with Crippen molar-refractivity contribution in [2.75, 3.05) is 17.2 Å². The second-order valence-electron chi connectivity index (χ2n) is 8.42. The summed E-state index contributed by atoms with van der Waals surface area (Å²) < 4.78 is 6.82. The maximum absolute atomic E-state index is 13.2. The first-order valence-electron chi connectivity index (χ1n) is 11.5. The standard InChI is InChI=1S/C25H26N6O4S/c1-4-30-24(34)19(14-21(32)26-18-12-10-16(2)11-13-18)31(25(30)36)15-20-23(35-28-29(20)3)27-22(33)17-8-6-5-7-9-17/h5-13,19H,4,14-15H2,1-3H3,(H-,26,27,28,32,33)/p+1. The van der Waals surface area contributed by atoms with Gasteiger partial charge in [-0.3, -0.25) is 29.1 Å². The molecule has 1 aliphatic rings. The summed E-state index contributed by atoms with van der Waals surface area (Å²) in [5.74, 6) is -0.789. The van der Waals surface area contributed by atoms with Crippen molar-refractivity contribution < 1.29 is 23.6 Å². The second-order valence-corrected chi connectivity index (χ2v) is 8.78. The van der Waals surface area contributed by atoms with E-state index in [0.29, 0.717) is 28.6 Å². The number of benzene rings is 2. The van der Waals surface area contributed by atoms with Gasteiger partial charge in [-0.1, -0.05) is 35.9 Å². The molecule has 1 fully saturated rings. The van der Waals surface area contributed by atoms with Crippen LogP contribution in [0.3, 0.4) is 0 Å². The number of carbonyl (C=O) groups excluding carboxylic acids is 3. The molecule has 1 unspecified atom stereocenters. The maximum Gasteiger partial charge on any atom is 0.307 e. The van der Waals surface area contributed by atoms with E-state index >= 15 is 0 Å². The normalized spacial score (nSPS) is 15.4. The molecule has 3 aromatic rings. The molecule has 2 aromatic carbocycles. The SMILES string of the molecule is CCN1C(=O)C(CC(=O)Nc2ccc(C)cc2)N(Cc2c(NC(=O)c3ccccc3)on[n+]2C)C1=S. The van der Waals surface area contributed by atoms with E-state index in [2.05, 4.69) is 15.9 Å². The Labute approximate surface area is 213 Å². The van der Waals surface area contributed by atoms with E-state index in [9.17, 15) is 14.4 Å². The van der Waals surface area contributed by atoms with Crippen molar-refractivity contribution in [3.05, 3.63) is 71.4 Å². The molecule has 10 nitrogen and oxygen atoms in total. The number of nitrogens with zero attached hydrogens (tertiary/aromatic N) is 4. The predicted molar refractivity (Wildman–Crippen MR) is 136 cm³/mol. The minimum absolute atomic E-state index is 0.0932. The first-order chi connectivity index (χ1) is 17.3. The summed E-state index contributed by atoms with van der Waals surface area (Å²) >= 11 is 5.59. The molecular weight excluding hydrogens is 480 g/mol. The number of rotatable bonds is 8. The summed E-state index contributed by atoms with van der Waals surface area (Å²) in [6, 6.07) is 15.3. The fourth-order valence-electron chi connectivity index (χ4n) is 3.93. The Morgan fingerprint density at radius 3 is 2.47 bits per heavy atom. The van der Waals surface area contributed by atoms with E-state index in [1.165, 1.54) is 9.58 Å². The predicted octanol–water partition coefficient (Wildman–Crippen LogP) is 2.41. The first-order valence-corrected chi connectivity index (χ1v) is 11.9. The van der Waals surface area contributed by atoms with Gasteiger partial charge < -0.3 is 10.2 Å². The van der Waals surface area contributed by atoms with Gasteiger partial charge in [0.05, 0.1) is 6.42 Å². The van der Waals surface area contributed by atoms with Gasteiger partial charge in [0.1, 0.15) is 12.6 Å². The van der Waals surface area contributed by atoms with Crippen LogP contribution in [0.1, 0.15) is 35.0 Å². The molecule has 186 valence electrons. The minimum atomic E-state index is -0.810. The van der Waals surface area contributed by atoms with Crippen LogP contribution in [0.25, 0.3) is 0 Å². The van der Waals surface area contributed by atoms with Crippen LogP contribution >= 0.6 is 12.2 Å². The molecule has 1 atom stereocenters. The number of aryl methyl sites for hydroxylation is 2. The Kier molecular flexibility index (Phi) is 7.39. The number of hydrogen-bond donors (Lipinski definition) is 2. The molecule has 3 amide bonds. The first kappa shape index (κ1) is 25.0. The van der Waals surface area contributed by atoms with Crippen molar-refractivity contribution in [3.63, 3.8) is 0 Å². The zero-order valence-corrected chi connectivity index (χ0v) is 21.0. The van der Waals surface area contributed by atoms with Gasteiger partial charge in [-0.05, 0) is 55.0 Å². The van der Waals surface area contributed by atoms with Crippen LogP contribution in [-0.2, 0) is 23.2 Å². The van der Waals surface area contributed by atoms with Crippen LogP contribution in [0.5, 0.6) is 0 Å². The lowest BCUT2D eigenvalue weighted by Gasteiger charge is -2.21. The molecule has 11 heteroatoms. The van der Waals surface area contributed by atoms with Gasteiger partial charge in [0.15, 0.2) is 12.2 Å². The molecule has 1 aliphatic heterocycles. The van der Waals surface area contributed by atoms with Crippen molar-refractivity contribution in [1.82, 2.24) is 15.1 Å². The van der Waals surface area contributed by atoms with Crippen LogP contribution in [-0.4, -0.2) is 50.5 Å². The average molecular weight is 508 g/mol. The topological polar surface area (TPSA) is 112 Å². The monoisotopic (exact) mass is 507 g/mol. The number of hydrogen-bond acceptors (Lipinski definition) is 6. The van der Waals surface area contributed by atoms with E-state index in [4.69, 9.17) is 16.7 Å². The summed E-state index contributed by atoms with van der Waals surface area (Å²) in [6.45, 7) is 4.26. The van der Waals surface area contributed by atoms with Gasteiger partial charge in [0, 0.05) is 17.8 Å². The van der Waals surface area contributed by atoms with Crippen LogP contribution in [0.2, 0.25) is 0 Å². The lowest BCUT2D eigenvalue weighted by molar-refractivity contribution is -0.746. The van der Waals surface area contributed by atoms with Crippen molar-refractivity contribution in [1.29, 1.82) is 0 Å². The summed E-state index contributed by atoms with van der Waals surface area (Å²) in [4.78, 5) is 41.8. The number of anilines is 2. The van der Waals surface area contributed by atoms with Crippen molar-refractivity contribution in [3.8, 4) is 0 Å². The largest absolute Gasteiger partial charge is 0.326 e. The summed E-state index contributed by atoms with van der Waals surface area (Å²) in [5, 5.41) is 9.79. The van der Waals surface area contributed by atoms with E-state index in [1.807, 2.05) is 44.2 Å². The van der Waals surface area contributed by atoms with Gasteiger partial charge in [-0.15, -0.1) is 0 Å². The Hall–Kier alpha value is -4.12. The van der Waals surface area contributed by atoms with Gasteiger partial charge in [0.25, 0.3) is 17.5 Å². The molecule has 1 saturated heterocycles. The number of amides is 3. The summed E-state index contributed by atoms with van der Waals surface area (Å²) in [6.07, 6.45) is -0.0932. The maximum atomic E-state index is 13.2. The zero-order valence-electron chi connectivity index (χ0n) is 20.2. The molecule has 0 spiro atoms. The third-order valence-electron chi connectivity index (χ3n) is 5.92. The Bertz CT molecular complexity index is 1290. The lowest BCUT2D eigenvalue weighted by atomic mass is 10.1. The van der Waals surface area contributed by atoms with E-state index in [1.54, 1.807) is 36.2 Å². The van der Waals surface area contributed by atoms with Crippen LogP contribution in [0, 0.1) is 6.92 Å². The van der Waals surface area contributed by atoms with Crippen molar-refractivity contribution in [2.45, 2.75) is 32.9 Å². The molecule has 0 aliphatic carbocycles. The molecule has 0 bridgehead atoms. The highest BCUT2D eigenvalue weighted by molar-refractivity contribution is 7.80. The van der Waals surface area contributed by atoms with E-state index in [0.717, 1.165) is 5.56 Å². The van der Waals surface area contributed by atoms with Crippen LogP contribution in [0.15, 0.2) is 59.1 Å². The number of likely N-dealkylation sites (N-methyl/N-ethyl adjacent to an activating group) is 1. The fraction of sp³-hybridized carbons (Fsp3) is 0.280. The van der Waals surface area contributed by atoms with Gasteiger partial charge in [-0.25, -0.2) is 0 Å². The van der Waals surface area contributed by atoms with Crippen LogP contribution < -0.4 is 15.3 Å². The summed E-state index contributed by atoms with van der Waals surface area (Å²) in [7, 11) is 1.66. The Balaban J connectivity index is 1.54. The second kappa shape index (κ2) is 10.6. The van der Waals surface area contributed by atoms with Crippen molar-refractivity contribution in [2.24, 2.45) is 7.05 Å². The average Bonchev–Trinajstić information content (AvgIpc) is 3.32. The fourth-order valence-corrected chi connectivity index (χ4v) is 4.34. The van der Waals surface area contributed by atoms with Crippen LogP contribution in [0.4, 0.5) is 11.6 Å². The van der Waals surface area contributed by atoms with Crippen molar-refractivity contribution >= 4 is 46.6 Å². The number of nitrogens with one attached hydrogen (secondary N) is 2. The third kappa shape index (κ3) is 5.25. The quantitative estimate of drug-likeness (QED) is 0.356. The molecule has 4 rings (SSSR count). The highest BCUT2D eigenvalue weighted by Gasteiger charge is 2.44.